The summed E-state index contributed by atoms with van der Waals surface area (Å²) in [6, 6.07) is 0.767. The number of rotatable bonds is 6. The molecule has 3 atom stereocenters. The molecule has 2 N–H and O–H groups in total. The van der Waals surface area contributed by atoms with Crippen LogP contribution in [-0.4, -0.2) is 49.1 Å². The Bertz CT molecular complexity index is 262. The molecule has 0 saturated carbocycles. The van der Waals surface area contributed by atoms with Crippen LogP contribution in [-0.2, 0) is 4.79 Å². The van der Waals surface area contributed by atoms with Crippen LogP contribution in [0.15, 0.2) is 0 Å². The zero-order valence-electron chi connectivity index (χ0n) is 13.0. The summed E-state index contributed by atoms with van der Waals surface area (Å²) < 4.78 is 0. The Kier molecular flexibility index (Phi) is 7.39. The van der Waals surface area contributed by atoms with Gasteiger partial charge in [0.05, 0.1) is 6.04 Å². The summed E-state index contributed by atoms with van der Waals surface area (Å²) in [4.78, 5) is 14.5. The van der Waals surface area contributed by atoms with Gasteiger partial charge < -0.3 is 10.6 Å². The monoisotopic (exact) mass is 269 g/mol. The van der Waals surface area contributed by atoms with Gasteiger partial charge in [-0.3, -0.25) is 9.69 Å². The van der Waals surface area contributed by atoms with E-state index in [-0.39, 0.29) is 18.0 Å². The molecule has 112 valence electrons. The summed E-state index contributed by atoms with van der Waals surface area (Å²) in [5, 5.41) is 6.54. The van der Waals surface area contributed by atoms with E-state index in [1.807, 2.05) is 6.92 Å². The van der Waals surface area contributed by atoms with Crippen molar-refractivity contribution in [3.63, 3.8) is 0 Å². The van der Waals surface area contributed by atoms with Gasteiger partial charge in [-0.25, -0.2) is 0 Å². The number of amides is 1. The van der Waals surface area contributed by atoms with Crippen LogP contribution in [0.2, 0.25) is 0 Å². The zero-order chi connectivity index (χ0) is 14.3. The minimum absolute atomic E-state index is 0.0394. The molecule has 1 aliphatic heterocycles. The molecule has 0 bridgehead atoms. The fourth-order valence-corrected chi connectivity index (χ4v) is 2.78. The highest BCUT2D eigenvalue weighted by atomic mass is 16.2. The molecule has 1 saturated heterocycles. The van der Waals surface area contributed by atoms with Crippen molar-refractivity contribution in [2.45, 2.75) is 71.0 Å². The smallest absolute Gasteiger partial charge is 0.237 e. The van der Waals surface area contributed by atoms with Crippen LogP contribution in [0.25, 0.3) is 0 Å². The Morgan fingerprint density at radius 3 is 2.79 bits per heavy atom. The molecule has 1 heterocycles. The highest BCUT2D eigenvalue weighted by molar-refractivity contribution is 5.81. The first-order valence-corrected chi connectivity index (χ1v) is 7.79. The number of carbonyl (C=O) groups excluding carboxylic acids is 1. The number of carbonyl (C=O) groups is 1. The minimum atomic E-state index is -0.0394. The Morgan fingerprint density at radius 2 is 2.11 bits per heavy atom. The van der Waals surface area contributed by atoms with E-state index in [9.17, 15) is 4.79 Å². The van der Waals surface area contributed by atoms with Crippen molar-refractivity contribution < 1.29 is 4.79 Å². The van der Waals surface area contributed by atoms with Gasteiger partial charge in [0.2, 0.25) is 5.91 Å². The lowest BCUT2D eigenvalue weighted by atomic mass is 10.1. The summed E-state index contributed by atoms with van der Waals surface area (Å²) in [5.74, 6) is 0.167. The van der Waals surface area contributed by atoms with Gasteiger partial charge in [0.25, 0.3) is 0 Å². The maximum atomic E-state index is 12.2. The third-order valence-corrected chi connectivity index (χ3v) is 4.22. The topological polar surface area (TPSA) is 44.4 Å². The van der Waals surface area contributed by atoms with E-state index in [0.717, 1.165) is 32.4 Å². The molecule has 4 nitrogen and oxygen atoms in total. The zero-order valence-corrected chi connectivity index (χ0v) is 13.0. The van der Waals surface area contributed by atoms with E-state index >= 15 is 0 Å². The summed E-state index contributed by atoms with van der Waals surface area (Å²) in [7, 11) is 2.09. The molecule has 1 amide bonds. The predicted molar refractivity (Wildman–Crippen MR) is 80.2 cm³/mol. The minimum Gasteiger partial charge on any atom is -0.352 e. The van der Waals surface area contributed by atoms with Crippen LogP contribution < -0.4 is 10.6 Å². The molecule has 0 aromatic carbocycles. The van der Waals surface area contributed by atoms with E-state index < -0.39 is 0 Å². The molecule has 19 heavy (non-hydrogen) atoms. The van der Waals surface area contributed by atoms with E-state index in [1.54, 1.807) is 0 Å². The predicted octanol–water partition coefficient (Wildman–Crippen LogP) is 1.75. The SMILES string of the molecule is CCCC(C)NC(=O)C(C)N(C)C1CCCNCC1. The Balaban J connectivity index is 2.45. The van der Waals surface area contributed by atoms with Crippen molar-refractivity contribution in [3.8, 4) is 0 Å². The molecular weight excluding hydrogens is 238 g/mol. The molecule has 3 unspecified atom stereocenters. The van der Waals surface area contributed by atoms with E-state index in [2.05, 4.69) is 36.4 Å². The van der Waals surface area contributed by atoms with Gasteiger partial charge in [-0.15, -0.1) is 0 Å². The fourth-order valence-electron chi connectivity index (χ4n) is 2.78. The van der Waals surface area contributed by atoms with Crippen molar-refractivity contribution in [2.24, 2.45) is 0 Å². The van der Waals surface area contributed by atoms with Crippen molar-refractivity contribution in [3.05, 3.63) is 0 Å². The van der Waals surface area contributed by atoms with Crippen molar-refractivity contribution in [1.82, 2.24) is 15.5 Å². The van der Waals surface area contributed by atoms with Crippen LogP contribution >= 0.6 is 0 Å². The maximum absolute atomic E-state index is 12.2. The molecule has 0 radical (unpaired) electrons. The van der Waals surface area contributed by atoms with Crippen molar-refractivity contribution >= 4 is 5.91 Å². The number of nitrogens with one attached hydrogen (secondary N) is 2. The first-order valence-electron chi connectivity index (χ1n) is 7.79. The highest BCUT2D eigenvalue weighted by Crippen LogP contribution is 2.14. The summed E-state index contributed by atoms with van der Waals surface area (Å²) >= 11 is 0. The highest BCUT2D eigenvalue weighted by Gasteiger charge is 2.25. The Labute approximate surface area is 118 Å². The molecule has 4 heteroatoms. The Morgan fingerprint density at radius 1 is 1.37 bits per heavy atom. The number of hydrogen-bond donors (Lipinski definition) is 2. The van der Waals surface area contributed by atoms with Crippen LogP contribution in [0, 0.1) is 0 Å². The largest absolute Gasteiger partial charge is 0.352 e. The van der Waals surface area contributed by atoms with Crippen LogP contribution in [0.3, 0.4) is 0 Å². The lowest BCUT2D eigenvalue weighted by Gasteiger charge is -2.32. The third-order valence-electron chi connectivity index (χ3n) is 4.22. The van der Waals surface area contributed by atoms with Gasteiger partial charge in [-0.05, 0) is 59.7 Å². The summed E-state index contributed by atoms with van der Waals surface area (Å²) in [5.41, 5.74) is 0. The van der Waals surface area contributed by atoms with E-state index in [4.69, 9.17) is 0 Å². The van der Waals surface area contributed by atoms with Crippen LogP contribution in [0.4, 0.5) is 0 Å². The number of hydrogen-bond acceptors (Lipinski definition) is 3. The van der Waals surface area contributed by atoms with Crippen LogP contribution in [0.5, 0.6) is 0 Å². The maximum Gasteiger partial charge on any atom is 0.237 e. The molecule has 0 aliphatic carbocycles. The number of nitrogens with zero attached hydrogens (tertiary/aromatic N) is 1. The lowest BCUT2D eigenvalue weighted by Crippen LogP contribution is -2.49. The van der Waals surface area contributed by atoms with Gasteiger partial charge in [0.15, 0.2) is 0 Å². The summed E-state index contributed by atoms with van der Waals surface area (Å²) in [6.45, 7) is 8.43. The summed E-state index contributed by atoms with van der Waals surface area (Å²) in [6.07, 6.45) is 5.69. The lowest BCUT2D eigenvalue weighted by molar-refractivity contribution is -0.126. The first-order chi connectivity index (χ1) is 9.06. The molecule has 0 aromatic heterocycles. The van der Waals surface area contributed by atoms with Crippen molar-refractivity contribution in [1.29, 1.82) is 0 Å². The molecule has 1 fully saturated rings. The second-order valence-electron chi connectivity index (χ2n) is 5.87. The molecule has 1 rings (SSSR count). The quantitative estimate of drug-likeness (QED) is 0.772. The molecule has 0 spiro atoms. The average molecular weight is 269 g/mol. The van der Waals surface area contributed by atoms with Gasteiger partial charge in [-0.2, -0.15) is 0 Å². The third kappa shape index (κ3) is 5.49. The molecule has 1 aliphatic rings. The van der Waals surface area contributed by atoms with Crippen LogP contribution in [0.1, 0.15) is 52.9 Å². The average Bonchev–Trinajstić information content (AvgIpc) is 2.66. The van der Waals surface area contributed by atoms with Gasteiger partial charge in [0, 0.05) is 12.1 Å². The second-order valence-corrected chi connectivity index (χ2v) is 5.87. The standard InChI is InChI=1S/C15H31N3O/c1-5-7-12(2)17-15(19)13(3)18(4)14-8-6-10-16-11-9-14/h12-14,16H,5-11H2,1-4H3,(H,17,19). The second kappa shape index (κ2) is 8.54. The van der Waals surface area contributed by atoms with Gasteiger partial charge in [-0.1, -0.05) is 13.3 Å². The van der Waals surface area contributed by atoms with Crippen molar-refractivity contribution in [2.75, 3.05) is 20.1 Å². The normalized spacial score (nSPS) is 23.7. The molecule has 0 aromatic rings. The Hall–Kier alpha value is -0.610. The fraction of sp³-hybridized carbons (Fsp3) is 0.933. The molecular formula is C15H31N3O. The van der Waals surface area contributed by atoms with Gasteiger partial charge in [0.1, 0.15) is 0 Å². The van der Waals surface area contributed by atoms with Gasteiger partial charge >= 0.3 is 0 Å². The number of likely N-dealkylation sites (N-methyl/N-ethyl adjacent to an activating group) is 1. The van der Waals surface area contributed by atoms with E-state index in [1.165, 1.54) is 12.8 Å². The first kappa shape index (κ1) is 16.4. The van der Waals surface area contributed by atoms with E-state index in [0.29, 0.717) is 6.04 Å².